The lowest BCUT2D eigenvalue weighted by Gasteiger charge is -2.29. The van der Waals surface area contributed by atoms with Gasteiger partial charge in [-0.1, -0.05) is 49.5 Å². The van der Waals surface area contributed by atoms with Crippen molar-refractivity contribution in [1.29, 1.82) is 0 Å². The SMILES string of the molecule is CO[C@H]1/C=C/C=C/C=C/C[C@H](OC(=O)[C@@H](C)NC(C)=O)[C@H](C)[C@@H](O)/C(C)=C\CCc2cc(O)cc(c2)NC(=O)C1. The number of fused-ring (bicyclic) bond motifs is 2. The summed E-state index contributed by atoms with van der Waals surface area (Å²) >= 11 is 0. The second kappa shape index (κ2) is 16.4. The van der Waals surface area contributed by atoms with E-state index in [4.69, 9.17) is 9.47 Å². The lowest BCUT2D eigenvalue weighted by molar-refractivity contribution is -0.156. The number of nitrogens with one attached hydrogen (secondary N) is 2. The minimum absolute atomic E-state index is 0.0412. The Morgan fingerprint density at radius 1 is 1.15 bits per heavy atom. The number of amides is 2. The number of ether oxygens (including phenoxy) is 2. The summed E-state index contributed by atoms with van der Waals surface area (Å²) in [6.07, 6.45) is 12.3. The zero-order chi connectivity index (χ0) is 29.7. The molecule has 0 saturated heterocycles. The third kappa shape index (κ3) is 11.2. The van der Waals surface area contributed by atoms with Crippen molar-refractivity contribution in [3.05, 3.63) is 71.9 Å². The highest BCUT2D eigenvalue weighted by atomic mass is 16.5. The second-order valence-electron chi connectivity index (χ2n) is 10.0. The van der Waals surface area contributed by atoms with Crippen molar-refractivity contribution in [1.82, 2.24) is 5.32 Å². The number of anilines is 1. The Hall–Kier alpha value is -3.69. The normalized spacial score (nSPS) is 27.4. The number of aromatic hydroxyl groups is 1. The van der Waals surface area contributed by atoms with Gasteiger partial charge in [-0.25, -0.2) is 4.79 Å². The first-order chi connectivity index (χ1) is 19.0. The molecule has 1 aliphatic heterocycles. The molecule has 1 aromatic rings. The first kappa shape index (κ1) is 32.5. The number of esters is 1. The summed E-state index contributed by atoms with van der Waals surface area (Å²) in [6.45, 7) is 6.52. The van der Waals surface area contributed by atoms with Crippen LogP contribution in [-0.4, -0.2) is 59.5 Å². The molecule has 4 N–H and O–H groups in total. The lowest BCUT2D eigenvalue weighted by atomic mass is 9.90. The molecule has 2 bridgehead atoms. The quantitative estimate of drug-likeness (QED) is 0.325. The number of carbonyl (C=O) groups is 3. The summed E-state index contributed by atoms with van der Waals surface area (Å²) in [7, 11) is 1.53. The smallest absolute Gasteiger partial charge is 0.328 e. The van der Waals surface area contributed by atoms with Crippen molar-refractivity contribution in [3.63, 3.8) is 0 Å². The average Bonchev–Trinajstić information content (AvgIpc) is 2.88. The fourth-order valence-electron chi connectivity index (χ4n) is 4.31. The van der Waals surface area contributed by atoms with Gasteiger partial charge >= 0.3 is 5.97 Å². The zero-order valence-electron chi connectivity index (χ0n) is 23.9. The monoisotopic (exact) mass is 554 g/mol. The predicted molar refractivity (Wildman–Crippen MR) is 155 cm³/mol. The summed E-state index contributed by atoms with van der Waals surface area (Å²) < 4.78 is 11.1. The molecular formula is C31H42N2O7. The Morgan fingerprint density at radius 3 is 2.58 bits per heavy atom. The molecular weight excluding hydrogens is 512 g/mol. The number of aliphatic hydroxyl groups is 1. The van der Waals surface area contributed by atoms with E-state index in [-0.39, 0.29) is 24.0 Å². The predicted octanol–water partition coefficient (Wildman–Crippen LogP) is 4.12. The Balaban J connectivity index is 2.33. The summed E-state index contributed by atoms with van der Waals surface area (Å²) in [6, 6.07) is 4.11. The first-order valence-corrected chi connectivity index (χ1v) is 13.5. The van der Waals surface area contributed by atoms with Crippen LogP contribution < -0.4 is 10.6 Å². The first-order valence-electron chi connectivity index (χ1n) is 13.5. The molecule has 0 aliphatic carbocycles. The molecule has 218 valence electrons. The minimum atomic E-state index is -0.875. The number of phenols is 1. The van der Waals surface area contributed by atoms with Crippen LogP contribution in [0.1, 0.15) is 52.5 Å². The highest BCUT2D eigenvalue weighted by Gasteiger charge is 2.29. The topological polar surface area (TPSA) is 134 Å². The van der Waals surface area contributed by atoms with Gasteiger partial charge < -0.3 is 30.3 Å². The Labute approximate surface area is 236 Å². The number of methoxy groups -OCH3 is 1. The summed E-state index contributed by atoms with van der Waals surface area (Å²) in [5, 5.41) is 26.6. The van der Waals surface area contributed by atoms with Crippen LogP contribution in [0.25, 0.3) is 0 Å². The molecule has 9 heteroatoms. The van der Waals surface area contributed by atoms with Crippen LogP contribution in [-0.2, 0) is 30.3 Å². The molecule has 5 atom stereocenters. The van der Waals surface area contributed by atoms with Gasteiger partial charge in [0.25, 0.3) is 0 Å². The van der Waals surface area contributed by atoms with Crippen LogP contribution in [0.4, 0.5) is 5.69 Å². The van der Waals surface area contributed by atoms with E-state index in [1.54, 1.807) is 49.4 Å². The van der Waals surface area contributed by atoms with Gasteiger partial charge in [-0.2, -0.15) is 0 Å². The van der Waals surface area contributed by atoms with E-state index in [1.807, 2.05) is 26.0 Å². The van der Waals surface area contributed by atoms with E-state index >= 15 is 0 Å². The molecule has 0 spiro atoms. The third-order valence-electron chi connectivity index (χ3n) is 6.61. The second-order valence-corrected chi connectivity index (χ2v) is 10.0. The molecule has 0 fully saturated rings. The van der Waals surface area contributed by atoms with Crippen molar-refractivity contribution >= 4 is 23.5 Å². The average molecular weight is 555 g/mol. The van der Waals surface area contributed by atoms with E-state index in [9.17, 15) is 24.6 Å². The van der Waals surface area contributed by atoms with Gasteiger partial charge in [0.2, 0.25) is 11.8 Å². The molecule has 9 nitrogen and oxygen atoms in total. The molecule has 2 rings (SSSR count). The highest BCUT2D eigenvalue weighted by Crippen LogP contribution is 2.24. The van der Waals surface area contributed by atoms with E-state index in [1.165, 1.54) is 20.1 Å². The third-order valence-corrected chi connectivity index (χ3v) is 6.61. The summed E-state index contributed by atoms with van der Waals surface area (Å²) in [5.74, 6) is -1.55. The van der Waals surface area contributed by atoms with Gasteiger partial charge in [0, 0.05) is 38.1 Å². The van der Waals surface area contributed by atoms with Gasteiger partial charge in [-0.05, 0) is 50.0 Å². The largest absolute Gasteiger partial charge is 0.508 e. The van der Waals surface area contributed by atoms with Crippen LogP contribution in [0.15, 0.2) is 66.3 Å². The molecule has 0 unspecified atom stereocenters. The van der Waals surface area contributed by atoms with E-state index in [0.717, 1.165) is 11.1 Å². The number of allylic oxidation sites excluding steroid dienone is 5. The van der Waals surface area contributed by atoms with Crippen LogP contribution in [0, 0.1) is 5.92 Å². The van der Waals surface area contributed by atoms with E-state index < -0.39 is 36.2 Å². The van der Waals surface area contributed by atoms with Crippen LogP contribution in [0.2, 0.25) is 0 Å². The lowest BCUT2D eigenvalue weighted by Crippen LogP contribution is -2.42. The molecule has 1 aliphatic rings. The van der Waals surface area contributed by atoms with Crippen LogP contribution >= 0.6 is 0 Å². The minimum Gasteiger partial charge on any atom is -0.508 e. The van der Waals surface area contributed by atoms with Crippen molar-refractivity contribution in [2.45, 2.75) is 77.7 Å². The van der Waals surface area contributed by atoms with Gasteiger partial charge in [-0.15, -0.1) is 0 Å². The van der Waals surface area contributed by atoms with Gasteiger partial charge in [0.05, 0.1) is 18.6 Å². The zero-order valence-corrected chi connectivity index (χ0v) is 23.9. The van der Waals surface area contributed by atoms with Crippen LogP contribution in [0.3, 0.4) is 0 Å². The molecule has 0 saturated carbocycles. The van der Waals surface area contributed by atoms with Crippen LogP contribution in [0.5, 0.6) is 5.75 Å². The Kier molecular flexibility index (Phi) is 13.4. The maximum Gasteiger partial charge on any atom is 0.328 e. The van der Waals surface area contributed by atoms with Gasteiger partial charge in [0.15, 0.2) is 0 Å². The Bertz CT molecular complexity index is 1140. The standard InChI is InChI=1S/C31H42N2O7/c1-20-12-11-13-24-16-25(18-26(35)17-24)33-29(36)19-27(39-5)14-9-7-6-8-10-15-28(21(2)30(20)37)40-31(38)22(3)32-23(4)34/h6-10,12,14,16-18,21-22,27-28,30,35,37H,11,13,15,19H2,1-5H3,(H,32,34)(H,33,36)/b7-6+,10-8+,14-9+,20-12-/t21-,22+,27-,28-,30-/m0/s1. The number of carbonyl (C=O) groups excluding carboxylic acids is 3. The fourth-order valence-corrected chi connectivity index (χ4v) is 4.31. The molecule has 1 heterocycles. The number of hydrogen-bond donors (Lipinski definition) is 4. The number of aryl methyl sites for hydroxylation is 1. The highest BCUT2D eigenvalue weighted by molar-refractivity contribution is 5.91. The van der Waals surface area contributed by atoms with Crippen molar-refractivity contribution in [2.24, 2.45) is 5.92 Å². The number of hydrogen-bond acceptors (Lipinski definition) is 7. The summed E-state index contributed by atoms with van der Waals surface area (Å²) in [4.78, 5) is 36.6. The summed E-state index contributed by atoms with van der Waals surface area (Å²) in [5.41, 5.74) is 2.04. The number of benzene rings is 1. The maximum atomic E-state index is 12.7. The molecule has 1 aromatic carbocycles. The van der Waals surface area contributed by atoms with Gasteiger partial charge in [-0.3, -0.25) is 9.59 Å². The number of aliphatic hydroxyl groups excluding tert-OH is 1. The molecule has 40 heavy (non-hydrogen) atoms. The molecule has 0 radical (unpaired) electrons. The molecule has 0 aromatic heterocycles. The molecule has 2 amide bonds. The van der Waals surface area contributed by atoms with Gasteiger partial charge in [0.1, 0.15) is 17.9 Å². The van der Waals surface area contributed by atoms with Crippen molar-refractivity contribution < 1.29 is 34.1 Å². The van der Waals surface area contributed by atoms with Crippen molar-refractivity contribution in [2.75, 3.05) is 12.4 Å². The van der Waals surface area contributed by atoms with E-state index in [0.29, 0.717) is 24.9 Å². The Morgan fingerprint density at radius 2 is 1.88 bits per heavy atom. The van der Waals surface area contributed by atoms with Crippen molar-refractivity contribution in [3.8, 4) is 5.75 Å². The fraction of sp³-hybridized carbons (Fsp3) is 0.452. The van der Waals surface area contributed by atoms with E-state index in [2.05, 4.69) is 10.6 Å². The number of rotatable bonds is 4. The maximum absolute atomic E-state index is 12.7. The number of phenolic OH excluding ortho intramolecular Hbond substituents is 1.